The number of ether oxygens (including phenoxy) is 1. The van der Waals surface area contributed by atoms with Gasteiger partial charge in [-0.05, 0) is 12.5 Å². The van der Waals surface area contributed by atoms with Crippen molar-refractivity contribution in [3.63, 3.8) is 0 Å². The Balaban J connectivity index is 2.08. The van der Waals surface area contributed by atoms with Crippen LogP contribution in [0.5, 0.6) is 5.75 Å². The van der Waals surface area contributed by atoms with Gasteiger partial charge in [-0.25, -0.2) is 13.2 Å². The zero-order valence-corrected chi connectivity index (χ0v) is 9.71. The molecule has 0 saturated carbocycles. The van der Waals surface area contributed by atoms with E-state index in [0.29, 0.717) is 0 Å². The van der Waals surface area contributed by atoms with Gasteiger partial charge in [0.1, 0.15) is 12.4 Å². The van der Waals surface area contributed by atoms with Crippen molar-refractivity contribution in [3.8, 4) is 5.75 Å². The molecule has 0 amide bonds. The molecule has 0 unspecified atom stereocenters. The van der Waals surface area contributed by atoms with Gasteiger partial charge in [0.25, 0.3) is 0 Å². The van der Waals surface area contributed by atoms with Gasteiger partial charge in [-0.3, -0.25) is 0 Å². The van der Waals surface area contributed by atoms with E-state index in [1.54, 1.807) is 0 Å². The minimum absolute atomic E-state index is 0.0352. The first-order chi connectivity index (χ1) is 8.56. The van der Waals surface area contributed by atoms with Crippen LogP contribution in [0.15, 0.2) is 36.4 Å². The maximum absolute atomic E-state index is 12.9. The summed E-state index contributed by atoms with van der Waals surface area (Å²) in [6, 6.07) is 9.17. The lowest BCUT2D eigenvalue weighted by atomic mass is 10.2. The monoisotopic (exact) mass is 252 g/mol. The Morgan fingerprint density at radius 2 is 1.50 bits per heavy atom. The van der Waals surface area contributed by atoms with Crippen molar-refractivity contribution >= 4 is 0 Å². The van der Waals surface area contributed by atoms with Crippen LogP contribution >= 0.6 is 0 Å². The number of rotatable bonds is 3. The molecule has 94 valence electrons. The van der Waals surface area contributed by atoms with E-state index in [0.717, 1.165) is 23.3 Å². The molecule has 0 atom stereocenters. The van der Waals surface area contributed by atoms with Crippen molar-refractivity contribution in [2.75, 3.05) is 0 Å². The van der Waals surface area contributed by atoms with Crippen molar-refractivity contribution < 1.29 is 17.9 Å². The summed E-state index contributed by atoms with van der Waals surface area (Å²) in [6.07, 6.45) is 0. The smallest absolute Gasteiger partial charge is 0.194 e. The molecule has 0 bridgehead atoms. The molecule has 2 rings (SSSR count). The van der Waals surface area contributed by atoms with Crippen LogP contribution in [0, 0.1) is 24.4 Å². The molecule has 0 aliphatic rings. The Hall–Kier alpha value is -1.97. The SMILES string of the molecule is Cc1ccc(COc2cc(F)c(F)c(F)c2)cc1. The normalized spacial score (nSPS) is 10.4. The van der Waals surface area contributed by atoms with Crippen molar-refractivity contribution in [1.82, 2.24) is 0 Å². The summed E-state index contributed by atoms with van der Waals surface area (Å²) in [7, 11) is 0. The van der Waals surface area contributed by atoms with Crippen molar-refractivity contribution in [1.29, 1.82) is 0 Å². The van der Waals surface area contributed by atoms with Gasteiger partial charge in [-0.1, -0.05) is 29.8 Å². The third kappa shape index (κ3) is 2.83. The third-order valence-electron chi connectivity index (χ3n) is 2.48. The summed E-state index contributed by atoms with van der Waals surface area (Å²) in [5.74, 6) is -4.03. The fourth-order valence-corrected chi connectivity index (χ4v) is 1.47. The summed E-state index contributed by atoms with van der Waals surface area (Å²) < 4.78 is 43.8. The molecular formula is C14H11F3O. The average molecular weight is 252 g/mol. The third-order valence-corrected chi connectivity index (χ3v) is 2.48. The highest BCUT2D eigenvalue weighted by atomic mass is 19.2. The first-order valence-electron chi connectivity index (χ1n) is 5.39. The highest BCUT2D eigenvalue weighted by Gasteiger charge is 2.11. The number of benzene rings is 2. The second-order valence-electron chi connectivity index (χ2n) is 3.98. The average Bonchev–Trinajstić information content (AvgIpc) is 2.35. The van der Waals surface area contributed by atoms with E-state index >= 15 is 0 Å². The van der Waals surface area contributed by atoms with E-state index < -0.39 is 17.5 Å². The van der Waals surface area contributed by atoms with Crippen LogP contribution in [0.1, 0.15) is 11.1 Å². The number of hydrogen-bond acceptors (Lipinski definition) is 1. The summed E-state index contributed by atoms with van der Waals surface area (Å²) in [4.78, 5) is 0. The first-order valence-corrected chi connectivity index (χ1v) is 5.39. The molecule has 0 radical (unpaired) electrons. The number of hydrogen-bond donors (Lipinski definition) is 0. The fraction of sp³-hybridized carbons (Fsp3) is 0.143. The largest absolute Gasteiger partial charge is 0.489 e. The van der Waals surface area contributed by atoms with Crippen molar-refractivity contribution in [2.24, 2.45) is 0 Å². The van der Waals surface area contributed by atoms with Gasteiger partial charge >= 0.3 is 0 Å². The van der Waals surface area contributed by atoms with Crippen LogP contribution in [0.4, 0.5) is 13.2 Å². The lowest BCUT2D eigenvalue weighted by Crippen LogP contribution is -1.98. The zero-order valence-electron chi connectivity index (χ0n) is 9.71. The van der Waals surface area contributed by atoms with Crippen LogP contribution < -0.4 is 4.74 Å². The minimum Gasteiger partial charge on any atom is -0.489 e. The molecule has 0 aliphatic carbocycles. The Kier molecular flexibility index (Phi) is 3.55. The van der Waals surface area contributed by atoms with Gasteiger partial charge in [0.2, 0.25) is 0 Å². The van der Waals surface area contributed by atoms with Gasteiger partial charge in [-0.2, -0.15) is 0 Å². The number of halogens is 3. The van der Waals surface area contributed by atoms with Crippen LogP contribution in [0.2, 0.25) is 0 Å². The Bertz CT molecular complexity index is 526. The van der Waals surface area contributed by atoms with Crippen molar-refractivity contribution in [3.05, 3.63) is 65.0 Å². The fourth-order valence-electron chi connectivity index (χ4n) is 1.47. The Labute approximate surface area is 103 Å². The van der Waals surface area contributed by atoms with Gasteiger partial charge in [-0.15, -0.1) is 0 Å². The first kappa shape index (κ1) is 12.5. The molecule has 0 heterocycles. The van der Waals surface area contributed by atoms with Crippen LogP contribution in [0.25, 0.3) is 0 Å². The van der Waals surface area contributed by atoms with E-state index in [1.807, 2.05) is 31.2 Å². The molecule has 2 aromatic carbocycles. The summed E-state index contributed by atoms with van der Waals surface area (Å²) in [5, 5.41) is 0. The molecule has 0 aliphatic heterocycles. The van der Waals surface area contributed by atoms with E-state index in [1.165, 1.54) is 0 Å². The molecule has 1 nitrogen and oxygen atoms in total. The molecule has 2 aromatic rings. The molecule has 0 saturated heterocycles. The topological polar surface area (TPSA) is 9.23 Å². The number of aryl methyl sites for hydroxylation is 1. The second-order valence-corrected chi connectivity index (χ2v) is 3.98. The zero-order chi connectivity index (χ0) is 13.1. The quantitative estimate of drug-likeness (QED) is 0.750. The van der Waals surface area contributed by atoms with Gasteiger partial charge < -0.3 is 4.74 Å². The molecule has 0 fully saturated rings. The van der Waals surface area contributed by atoms with Gasteiger partial charge in [0, 0.05) is 12.1 Å². The highest BCUT2D eigenvalue weighted by Crippen LogP contribution is 2.20. The Morgan fingerprint density at radius 1 is 0.944 bits per heavy atom. The Morgan fingerprint density at radius 3 is 2.06 bits per heavy atom. The van der Waals surface area contributed by atoms with Crippen LogP contribution in [-0.2, 0) is 6.61 Å². The summed E-state index contributed by atoms with van der Waals surface area (Å²) in [5.41, 5.74) is 1.98. The van der Waals surface area contributed by atoms with E-state index in [9.17, 15) is 13.2 Å². The molecule has 4 heteroatoms. The standard InChI is InChI=1S/C14H11F3O/c1-9-2-4-10(5-3-9)8-18-11-6-12(15)14(17)13(16)7-11/h2-7H,8H2,1H3. The summed E-state index contributed by atoms with van der Waals surface area (Å²) >= 11 is 0. The van der Waals surface area contributed by atoms with Gasteiger partial charge in [0.15, 0.2) is 17.5 Å². The minimum atomic E-state index is -1.49. The molecule has 0 spiro atoms. The second kappa shape index (κ2) is 5.12. The van der Waals surface area contributed by atoms with E-state index in [2.05, 4.69) is 0 Å². The predicted molar refractivity (Wildman–Crippen MR) is 61.8 cm³/mol. The van der Waals surface area contributed by atoms with Gasteiger partial charge in [0.05, 0.1) is 0 Å². The molecule has 0 N–H and O–H groups in total. The highest BCUT2D eigenvalue weighted by molar-refractivity contribution is 5.26. The summed E-state index contributed by atoms with van der Waals surface area (Å²) in [6.45, 7) is 2.13. The van der Waals surface area contributed by atoms with E-state index in [4.69, 9.17) is 4.74 Å². The maximum atomic E-state index is 12.9. The molecule has 18 heavy (non-hydrogen) atoms. The lowest BCUT2D eigenvalue weighted by Gasteiger charge is -2.07. The molecular weight excluding hydrogens is 241 g/mol. The predicted octanol–water partition coefficient (Wildman–Crippen LogP) is 3.99. The molecule has 0 aromatic heterocycles. The van der Waals surface area contributed by atoms with Crippen molar-refractivity contribution in [2.45, 2.75) is 13.5 Å². The van der Waals surface area contributed by atoms with Crippen LogP contribution in [-0.4, -0.2) is 0 Å². The van der Waals surface area contributed by atoms with E-state index in [-0.39, 0.29) is 12.4 Å². The van der Waals surface area contributed by atoms with Crippen LogP contribution in [0.3, 0.4) is 0 Å². The lowest BCUT2D eigenvalue weighted by molar-refractivity contribution is 0.299. The maximum Gasteiger partial charge on any atom is 0.194 e.